The Labute approximate surface area is 155 Å². The van der Waals surface area contributed by atoms with E-state index in [0.29, 0.717) is 0 Å². The molecule has 2 aromatic rings. The van der Waals surface area contributed by atoms with Crippen LogP contribution in [0.4, 0.5) is 5.69 Å². The molecule has 0 saturated carbocycles. The molecule has 1 aliphatic carbocycles. The van der Waals surface area contributed by atoms with E-state index >= 15 is 0 Å². The van der Waals surface area contributed by atoms with Gasteiger partial charge in [0.05, 0.1) is 12.5 Å². The summed E-state index contributed by atoms with van der Waals surface area (Å²) in [4.78, 5) is 26.9. The maximum absolute atomic E-state index is 12.9. The molecule has 0 saturated heterocycles. The minimum absolute atomic E-state index is 0.0220. The van der Waals surface area contributed by atoms with Gasteiger partial charge in [-0.15, -0.1) is 0 Å². The van der Waals surface area contributed by atoms with Gasteiger partial charge in [0.15, 0.2) is 0 Å². The quantitative estimate of drug-likeness (QED) is 0.911. The number of fused-ring (bicyclic) bond motifs is 1. The number of carbonyl (C=O) groups is 2. The van der Waals surface area contributed by atoms with Crippen LogP contribution in [0, 0.1) is 13.8 Å². The Morgan fingerprint density at radius 1 is 1.08 bits per heavy atom. The highest BCUT2D eigenvalue weighted by Gasteiger charge is 2.29. The van der Waals surface area contributed by atoms with Crippen LogP contribution >= 0.6 is 0 Å². The highest BCUT2D eigenvalue weighted by molar-refractivity contribution is 5.96. The summed E-state index contributed by atoms with van der Waals surface area (Å²) in [6.45, 7) is 4.00. The lowest BCUT2D eigenvalue weighted by molar-refractivity contribution is -0.134. The Morgan fingerprint density at radius 3 is 2.50 bits per heavy atom. The molecule has 0 aliphatic heterocycles. The number of nitrogens with one attached hydrogen (secondary N) is 1. The van der Waals surface area contributed by atoms with Crippen LogP contribution in [-0.4, -0.2) is 30.3 Å². The Hall–Kier alpha value is -2.62. The minimum atomic E-state index is -0.164. The fraction of sp³-hybridized carbons (Fsp3) is 0.364. The third kappa shape index (κ3) is 3.79. The molecule has 1 N–H and O–H groups in total. The van der Waals surface area contributed by atoms with Gasteiger partial charge in [0.25, 0.3) is 0 Å². The minimum Gasteiger partial charge on any atom is -0.336 e. The second-order valence-electron chi connectivity index (χ2n) is 7.15. The van der Waals surface area contributed by atoms with E-state index in [-0.39, 0.29) is 24.3 Å². The Balaban J connectivity index is 1.67. The third-order valence-corrected chi connectivity index (χ3v) is 5.17. The third-order valence-electron chi connectivity index (χ3n) is 5.17. The zero-order valence-corrected chi connectivity index (χ0v) is 15.7. The Bertz CT molecular complexity index is 808. The molecular formula is C22H26N2O2. The zero-order valence-electron chi connectivity index (χ0n) is 15.7. The largest absolute Gasteiger partial charge is 0.336 e. The molecule has 1 unspecified atom stereocenters. The number of hydrogen-bond donors (Lipinski definition) is 1. The van der Waals surface area contributed by atoms with Gasteiger partial charge in [-0.25, -0.2) is 0 Å². The van der Waals surface area contributed by atoms with E-state index in [4.69, 9.17) is 0 Å². The molecule has 2 amide bonds. The van der Waals surface area contributed by atoms with Crippen LogP contribution in [0.3, 0.4) is 0 Å². The molecule has 0 fully saturated rings. The van der Waals surface area contributed by atoms with E-state index in [2.05, 4.69) is 11.4 Å². The van der Waals surface area contributed by atoms with E-state index in [1.165, 1.54) is 5.56 Å². The highest BCUT2D eigenvalue weighted by Crippen LogP contribution is 2.32. The molecule has 0 spiro atoms. The van der Waals surface area contributed by atoms with Crippen LogP contribution in [0.2, 0.25) is 0 Å². The van der Waals surface area contributed by atoms with Gasteiger partial charge in [0, 0.05) is 12.7 Å². The SMILES string of the molecule is Cc1cccc(C)c1NC(=O)CN(C)C(=O)C1CCCc2ccccc21. The lowest BCUT2D eigenvalue weighted by Gasteiger charge is -2.28. The highest BCUT2D eigenvalue weighted by atomic mass is 16.2. The van der Waals surface area contributed by atoms with Crippen molar-refractivity contribution in [2.75, 3.05) is 18.9 Å². The first-order valence-corrected chi connectivity index (χ1v) is 9.16. The Kier molecular flexibility index (Phi) is 5.40. The summed E-state index contributed by atoms with van der Waals surface area (Å²) in [7, 11) is 1.71. The topological polar surface area (TPSA) is 49.4 Å². The molecule has 3 rings (SSSR count). The first-order valence-electron chi connectivity index (χ1n) is 9.16. The second kappa shape index (κ2) is 7.73. The van der Waals surface area contributed by atoms with Crippen LogP contribution < -0.4 is 5.32 Å². The summed E-state index contributed by atoms with van der Waals surface area (Å²) in [5, 5.41) is 2.95. The van der Waals surface area contributed by atoms with Crippen molar-refractivity contribution in [1.29, 1.82) is 0 Å². The number of benzene rings is 2. The van der Waals surface area contributed by atoms with E-state index in [9.17, 15) is 9.59 Å². The predicted molar refractivity (Wildman–Crippen MR) is 104 cm³/mol. The molecule has 4 heteroatoms. The monoisotopic (exact) mass is 350 g/mol. The number of likely N-dealkylation sites (N-methyl/N-ethyl adjacent to an activating group) is 1. The van der Waals surface area contributed by atoms with E-state index in [1.807, 2.05) is 50.2 Å². The van der Waals surface area contributed by atoms with Crippen LogP contribution in [0.25, 0.3) is 0 Å². The van der Waals surface area contributed by atoms with Crippen molar-refractivity contribution >= 4 is 17.5 Å². The van der Waals surface area contributed by atoms with Crippen LogP contribution in [0.1, 0.15) is 41.0 Å². The Morgan fingerprint density at radius 2 is 1.77 bits per heavy atom. The van der Waals surface area contributed by atoms with Gasteiger partial charge >= 0.3 is 0 Å². The van der Waals surface area contributed by atoms with Crippen LogP contribution in [0.15, 0.2) is 42.5 Å². The van der Waals surface area contributed by atoms with Gasteiger partial charge in [-0.3, -0.25) is 9.59 Å². The number of carbonyl (C=O) groups excluding carboxylic acids is 2. The molecule has 0 heterocycles. The van der Waals surface area contributed by atoms with Crippen molar-refractivity contribution in [1.82, 2.24) is 4.90 Å². The van der Waals surface area contributed by atoms with Gasteiger partial charge in [0.1, 0.15) is 0 Å². The van der Waals surface area contributed by atoms with Gasteiger partial charge in [-0.05, 0) is 55.4 Å². The van der Waals surface area contributed by atoms with E-state index < -0.39 is 0 Å². The standard InChI is InChI=1S/C22H26N2O2/c1-15-8-6-9-16(2)21(15)23-20(25)14-24(3)22(26)19-13-7-11-17-10-4-5-12-18(17)19/h4-6,8-10,12,19H,7,11,13-14H2,1-3H3,(H,23,25). The van der Waals surface area contributed by atoms with Crippen molar-refractivity contribution < 1.29 is 9.59 Å². The number of anilines is 1. The first kappa shape index (κ1) is 18.2. The van der Waals surface area contributed by atoms with Crippen molar-refractivity contribution in [2.24, 2.45) is 0 Å². The van der Waals surface area contributed by atoms with Gasteiger partial charge in [0.2, 0.25) is 11.8 Å². The fourth-order valence-corrected chi connectivity index (χ4v) is 3.76. The normalized spacial score (nSPS) is 15.9. The lowest BCUT2D eigenvalue weighted by atomic mass is 9.82. The van der Waals surface area contributed by atoms with Gasteiger partial charge in [-0.1, -0.05) is 42.5 Å². The number of nitrogens with zero attached hydrogens (tertiary/aromatic N) is 1. The molecule has 4 nitrogen and oxygen atoms in total. The molecule has 1 aliphatic rings. The summed E-state index contributed by atoms with van der Waals surface area (Å²) in [6, 6.07) is 14.1. The molecule has 0 aromatic heterocycles. The van der Waals surface area contributed by atoms with Crippen molar-refractivity contribution in [3.8, 4) is 0 Å². The molecule has 0 bridgehead atoms. The summed E-state index contributed by atoms with van der Waals surface area (Å²) in [5.41, 5.74) is 5.25. The number of amides is 2. The average Bonchev–Trinajstić information content (AvgIpc) is 2.63. The van der Waals surface area contributed by atoms with Crippen molar-refractivity contribution in [3.05, 3.63) is 64.7 Å². The van der Waals surface area contributed by atoms with Crippen LogP contribution in [0.5, 0.6) is 0 Å². The maximum Gasteiger partial charge on any atom is 0.243 e. The molecule has 136 valence electrons. The first-order chi connectivity index (χ1) is 12.5. The molecule has 26 heavy (non-hydrogen) atoms. The van der Waals surface area contributed by atoms with E-state index in [1.54, 1.807) is 11.9 Å². The molecule has 2 aromatic carbocycles. The van der Waals surface area contributed by atoms with Gasteiger partial charge < -0.3 is 10.2 Å². The maximum atomic E-state index is 12.9. The second-order valence-corrected chi connectivity index (χ2v) is 7.15. The van der Waals surface area contributed by atoms with Crippen LogP contribution in [-0.2, 0) is 16.0 Å². The lowest BCUT2D eigenvalue weighted by Crippen LogP contribution is -2.38. The smallest absolute Gasteiger partial charge is 0.243 e. The van der Waals surface area contributed by atoms with Crippen molar-refractivity contribution in [3.63, 3.8) is 0 Å². The molecular weight excluding hydrogens is 324 g/mol. The summed E-state index contributed by atoms with van der Waals surface area (Å²) >= 11 is 0. The van der Waals surface area contributed by atoms with E-state index in [0.717, 1.165) is 41.6 Å². The zero-order chi connectivity index (χ0) is 18.7. The molecule has 0 radical (unpaired) electrons. The summed E-state index contributed by atoms with van der Waals surface area (Å²) in [6.07, 6.45) is 2.88. The summed E-state index contributed by atoms with van der Waals surface area (Å²) < 4.78 is 0. The average molecular weight is 350 g/mol. The predicted octanol–water partition coefficient (Wildman–Crippen LogP) is 3.82. The number of rotatable bonds is 4. The van der Waals surface area contributed by atoms with Crippen molar-refractivity contribution in [2.45, 2.75) is 39.0 Å². The number of aryl methyl sites for hydroxylation is 3. The number of para-hydroxylation sites is 1. The number of hydrogen-bond acceptors (Lipinski definition) is 2. The summed E-state index contributed by atoms with van der Waals surface area (Å²) in [5.74, 6) is -0.283. The fourth-order valence-electron chi connectivity index (χ4n) is 3.76. The molecule has 1 atom stereocenters. The van der Waals surface area contributed by atoms with Gasteiger partial charge in [-0.2, -0.15) is 0 Å².